The lowest BCUT2D eigenvalue weighted by Gasteiger charge is -2.17. The lowest BCUT2D eigenvalue weighted by atomic mass is 10.1. The maximum Gasteiger partial charge on any atom is 0.227 e. The number of benzene rings is 2. The zero-order chi connectivity index (χ0) is 19.5. The van der Waals surface area contributed by atoms with Crippen LogP contribution in [0.4, 0.5) is 10.1 Å². The molecule has 2 aromatic carbocycles. The van der Waals surface area contributed by atoms with Gasteiger partial charge in [-0.2, -0.15) is 5.10 Å². The van der Waals surface area contributed by atoms with Crippen molar-refractivity contribution in [2.45, 2.75) is 13.0 Å². The van der Waals surface area contributed by atoms with E-state index in [1.165, 1.54) is 11.0 Å². The fraction of sp³-hybridized carbons (Fsp3) is 0.190. The van der Waals surface area contributed by atoms with Crippen LogP contribution in [0.25, 0.3) is 11.3 Å². The van der Waals surface area contributed by atoms with Gasteiger partial charge in [0.2, 0.25) is 11.8 Å². The predicted octanol–water partition coefficient (Wildman–Crippen LogP) is 2.89. The molecular weight excluding hydrogens is 359 g/mol. The van der Waals surface area contributed by atoms with Crippen molar-refractivity contribution in [3.05, 3.63) is 72.2 Å². The van der Waals surface area contributed by atoms with Crippen molar-refractivity contribution in [1.29, 1.82) is 0 Å². The first-order valence-electron chi connectivity index (χ1n) is 9.03. The van der Waals surface area contributed by atoms with Crippen molar-refractivity contribution in [2.24, 2.45) is 5.92 Å². The van der Waals surface area contributed by atoms with Gasteiger partial charge in [0.25, 0.3) is 0 Å². The summed E-state index contributed by atoms with van der Waals surface area (Å²) in [5, 5.41) is 9.70. The Bertz CT molecular complexity index is 986. The topological polar surface area (TPSA) is 78.1 Å². The zero-order valence-corrected chi connectivity index (χ0v) is 15.1. The summed E-state index contributed by atoms with van der Waals surface area (Å²) in [6.45, 7) is 0.552. The van der Waals surface area contributed by atoms with Crippen LogP contribution in [-0.2, 0) is 16.1 Å². The van der Waals surface area contributed by atoms with Crippen LogP contribution in [0.5, 0.6) is 0 Å². The minimum Gasteiger partial charge on any atom is -0.352 e. The fourth-order valence-electron chi connectivity index (χ4n) is 3.34. The fourth-order valence-corrected chi connectivity index (χ4v) is 3.34. The van der Waals surface area contributed by atoms with Gasteiger partial charge in [-0.15, -0.1) is 0 Å². The van der Waals surface area contributed by atoms with Gasteiger partial charge in [0, 0.05) is 25.7 Å². The van der Waals surface area contributed by atoms with E-state index >= 15 is 0 Å². The third-order valence-corrected chi connectivity index (χ3v) is 4.87. The maximum atomic E-state index is 13.9. The Hall–Kier alpha value is -3.48. The first-order valence-corrected chi connectivity index (χ1v) is 9.03. The van der Waals surface area contributed by atoms with E-state index in [-0.39, 0.29) is 30.5 Å². The van der Waals surface area contributed by atoms with Gasteiger partial charge < -0.3 is 10.2 Å². The average molecular weight is 378 g/mol. The molecule has 6 nitrogen and oxygen atoms in total. The highest BCUT2D eigenvalue weighted by Gasteiger charge is 2.35. The highest BCUT2D eigenvalue weighted by atomic mass is 19.1. The number of carbonyl (C=O) groups is 2. The molecule has 1 aliphatic rings. The number of amides is 2. The Balaban J connectivity index is 1.35. The highest BCUT2D eigenvalue weighted by Crippen LogP contribution is 2.27. The molecule has 1 unspecified atom stereocenters. The molecule has 1 fully saturated rings. The van der Waals surface area contributed by atoms with E-state index in [2.05, 4.69) is 15.5 Å². The SMILES string of the molecule is O=C(NCc1ccc(-c2ccn[nH]2)cc1)C1CC(=O)N(c2ccccc2F)C1. The third-order valence-electron chi connectivity index (χ3n) is 4.87. The van der Waals surface area contributed by atoms with Gasteiger partial charge in [-0.1, -0.05) is 36.4 Å². The van der Waals surface area contributed by atoms with Crippen molar-refractivity contribution >= 4 is 17.5 Å². The normalized spacial score (nSPS) is 16.4. The molecule has 28 heavy (non-hydrogen) atoms. The van der Waals surface area contributed by atoms with E-state index < -0.39 is 11.7 Å². The highest BCUT2D eigenvalue weighted by molar-refractivity contribution is 6.00. The van der Waals surface area contributed by atoms with Gasteiger partial charge in [-0.05, 0) is 29.3 Å². The summed E-state index contributed by atoms with van der Waals surface area (Å²) in [7, 11) is 0. The number of carbonyl (C=O) groups excluding carboxylic acids is 2. The van der Waals surface area contributed by atoms with Crippen molar-refractivity contribution < 1.29 is 14.0 Å². The summed E-state index contributed by atoms with van der Waals surface area (Å²) in [5.41, 5.74) is 3.10. The molecule has 1 saturated heterocycles. The Kier molecular flexibility index (Phi) is 4.89. The standard InChI is InChI=1S/C21H19FN4O2/c22-17-3-1-2-4-19(17)26-13-16(11-20(26)27)21(28)23-12-14-5-7-15(8-6-14)18-9-10-24-25-18/h1-10,16H,11-13H2,(H,23,28)(H,24,25). The van der Waals surface area contributed by atoms with Crippen molar-refractivity contribution in [3.8, 4) is 11.3 Å². The second kappa shape index (κ2) is 7.64. The monoisotopic (exact) mass is 378 g/mol. The number of hydrogen-bond donors (Lipinski definition) is 2. The molecule has 1 atom stereocenters. The van der Waals surface area contributed by atoms with Gasteiger partial charge in [0.05, 0.1) is 17.3 Å². The number of anilines is 1. The van der Waals surface area contributed by atoms with Gasteiger partial charge in [0.1, 0.15) is 5.82 Å². The van der Waals surface area contributed by atoms with Crippen LogP contribution in [-0.4, -0.2) is 28.6 Å². The molecular formula is C21H19FN4O2. The molecule has 0 radical (unpaired) electrons. The number of hydrogen-bond acceptors (Lipinski definition) is 3. The number of aromatic nitrogens is 2. The molecule has 7 heteroatoms. The van der Waals surface area contributed by atoms with E-state index in [0.29, 0.717) is 6.54 Å². The molecule has 2 amide bonds. The van der Waals surface area contributed by atoms with Crippen LogP contribution in [0.3, 0.4) is 0 Å². The minimum absolute atomic E-state index is 0.0823. The van der Waals surface area contributed by atoms with E-state index in [0.717, 1.165) is 16.8 Å². The first-order chi connectivity index (χ1) is 13.6. The molecule has 0 saturated carbocycles. The van der Waals surface area contributed by atoms with E-state index in [9.17, 15) is 14.0 Å². The number of H-pyrrole nitrogens is 1. The Morgan fingerprint density at radius 2 is 1.96 bits per heavy atom. The summed E-state index contributed by atoms with van der Waals surface area (Å²) >= 11 is 0. The number of rotatable bonds is 5. The lowest BCUT2D eigenvalue weighted by molar-refractivity contribution is -0.126. The largest absolute Gasteiger partial charge is 0.352 e. The quantitative estimate of drug-likeness (QED) is 0.717. The van der Waals surface area contributed by atoms with Crippen molar-refractivity contribution in [1.82, 2.24) is 15.5 Å². The molecule has 0 bridgehead atoms. The van der Waals surface area contributed by atoms with Crippen molar-refractivity contribution in [2.75, 3.05) is 11.4 Å². The molecule has 3 aromatic rings. The molecule has 0 aliphatic carbocycles. The Morgan fingerprint density at radius 1 is 1.18 bits per heavy atom. The molecule has 1 aliphatic heterocycles. The number of aromatic amines is 1. The summed E-state index contributed by atoms with van der Waals surface area (Å²) in [6, 6.07) is 15.8. The summed E-state index contributed by atoms with van der Waals surface area (Å²) < 4.78 is 13.9. The van der Waals surface area contributed by atoms with Crippen molar-refractivity contribution in [3.63, 3.8) is 0 Å². The molecule has 2 N–H and O–H groups in total. The van der Waals surface area contributed by atoms with Crippen LogP contribution >= 0.6 is 0 Å². The number of para-hydroxylation sites is 1. The number of halogens is 1. The third kappa shape index (κ3) is 3.64. The van der Waals surface area contributed by atoms with Crippen LogP contribution in [0.2, 0.25) is 0 Å². The Labute approximate surface area is 161 Å². The molecule has 1 aromatic heterocycles. The second-order valence-electron chi connectivity index (χ2n) is 6.74. The van der Waals surface area contributed by atoms with E-state index in [1.807, 2.05) is 30.3 Å². The smallest absolute Gasteiger partial charge is 0.227 e. The zero-order valence-electron chi connectivity index (χ0n) is 15.1. The van der Waals surface area contributed by atoms with E-state index in [1.54, 1.807) is 24.4 Å². The van der Waals surface area contributed by atoms with Crippen LogP contribution in [0.1, 0.15) is 12.0 Å². The van der Waals surface area contributed by atoms with Gasteiger partial charge in [-0.3, -0.25) is 14.7 Å². The van der Waals surface area contributed by atoms with Gasteiger partial charge in [-0.25, -0.2) is 4.39 Å². The van der Waals surface area contributed by atoms with E-state index in [4.69, 9.17) is 0 Å². The number of nitrogens with zero attached hydrogens (tertiary/aromatic N) is 2. The minimum atomic E-state index is -0.489. The molecule has 4 rings (SSSR count). The molecule has 142 valence electrons. The average Bonchev–Trinajstić information content (AvgIpc) is 3.37. The van der Waals surface area contributed by atoms with Crippen LogP contribution in [0.15, 0.2) is 60.8 Å². The summed E-state index contributed by atoms with van der Waals surface area (Å²) in [4.78, 5) is 26.1. The first kappa shape index (κ1) is 17.9. The van der Waals surface area contributed by atoms with Crippen LogP contribution in [0, 0.1) is 11.7 Å². The molecule has 0 spiro atoms. The van der Waals surface area contributed by atoms with Gasteiger partial charge in [0.15, 0.2) is 0 Å². The Morgan fingerprint density at radius 3 is 2.68 bits per heavy atom. The van der Waals surface area contributed by atoms with Crippen LogP contribution < -0.4 is 10.2 Å². The van der Waals surface area contributed by atoms with Gasteiger partial charge >= 0.3 is 0 Å². The molecule has 2 heterocycles. The maximum absolute atomic E-state index is 13.9. The second-order valence-corrected chi connectivity index (χ2v) is 6.74. The summed E-state index contributed by atoms with van der Waals surface area (Å²) in [6.07, 6.45) is 1.77. The summed E-state index contributed by atoms with van der Waals surface area (Å²) in [5.74, 6) is -1.40. The lowest BCUT2D eigenvalue weighted by Crippen LogP contribution is -2.32. The number of nitrogens with one attached hydrogen (secondary N) is 2. The predicted molar refractivity (Wildman–Crippen MR) is 103 cm³/mol.